The van der Waals surface area contributed by atoms with Gasteiger partial charge in [-0.1, -0.05) is 19.1 Å². The first-order chi connectivity index (χ1) is 9.13. The van der Waals surface area contributed by atoms with E-state index < -0.39 is 6.10 Å². The predicted molar refractivity (Wildman–Crippen MR) is 75.9 cm³/mol. The van der Waals surface area contributed by atoms with E-state index in [0.29, 0.717) is 0 Å². The first kappa shape index (κ1) is 14.2. The molecule has 1 aromatic rings. The highest BCUT2D eigenvalue weighted by atomic mass is 16.3. The maximum atomic E-state index is 9.69. The van der Waals surface area contributed by atoms with Crippen molar-refractivity contribution in [2.75, 3.05) is 19.7 Å². The molecule has 3 N–H and O–H groups in total. The van der Waals surface area contributed by atoms with Gasteiger partial charge in [-0.15, -0.1) is 0 Å². The van der Waals surface area contributed by atoms with E-state index in [-0.39, 0.29) is 12.5 Å². The van der Waals surface area contributed by atoms with Crippen LogP contribution < -0.4 is 5.32 Å². The van der Waals surface area contributed by atoms with Gasteiger partial charge in [0.15, 0.2) is 0 Å². The van der Waals surface area contributed by atoms with Crippen LogP contribution in [0.3, 0.4) is 0 Å². The van der Waals surface area contributed by atoms with Crippen LogP contribution in [0.15, 0.2) is 18.3 Å². The number of nitrogens with zero attached hydrogens (tertiary/aromatic N) is 1. The van der Waals surface area contributed by atoms with E-state index >= 15 is 0 Å². The van der Waals surface area contributed by atoms with Gasteiger partial charge in [0.05, 0.1) is 18.4 Å². The van der Waals surface area contributed by atoms with Gasteiger partial charge in [0.2, 0.25) is 0 Å². The largest absolute Gasteiger partial charge is 0.394 e. The lowest BCUT2D eigenvalue weighted by molar-refractivity contribution is 0.0771. The number of rotatable bonds is 4. The van der Waals surface area contributed by atoms with Crippen molar-refractivity contribution in [3.05, 3.63) is 35.2 Å². The van der Waals surface area contributed by atoms with Crippen LogP contribution in [0.1, 0.15) is 36.1 Å². The SMILES string of the molecule is Cc1cc([C@H](C)[C@@H](O)CO)cnc1C1=CCNCC1. The van der Waals surface area contributed by atoms with Crippen molar-refractivity contribution in [1.29, 1.82) is 0 Å². The van der Waals surface area contributed by atoms with Crippen LogP contribution in [0.2, 0.25) is 0 Å². The van der Waals surface area contributed by atoms with Crippen molar-refractivity contribution in [3.63, 3.8) is 0 Å². The molecule has 2 rings (SSSR count). The summed E-state index contributed by atoms with van der Waals surface area (Å²) in [6, 6.07) is 2.06. The van der Waals surface area contributed by atoms with Crippen LogP contribution >= 0.6 is 0 Å². The Labute approximate surface area is 114 Å². The number of aliphatic hydroxyl groups excluding tert-OH is 2. The van der Waals surface area contributed by atoms with E-state index in [4.69, 9.17) is 5.11 Å². The second kappa shape index (κ2) is 6.28. The molecule has 0 aliphatic carbocycles. The third kappa shape index (κ3) is 3.21. The zero-order valence-electron chi connectivity index (χ0n) is 11.6. The molecule has 1 aliphatic heterocycles. The van der Waals surface area contributed by atoms with Gasteiger partial charge in [0.25, 0.3) is 0 Å². The molecule has 19 heavy (non-hydrogen) atoms. The van der Waals surface area contributed by atoms with Gasteiger partial charge in [-0.05, 0) is 36.6 Å². The molecule has 0 saturated heterocycles. The lowest BCUT2D eigenvalue weighted by atomic mass is 9.94. The smallest absolute Gasteiger partial charge is 0.0837 e. The summed E-state index contributed by atoms with van der Waals surface area (Å²) in [6.45, 7) is 5.62. The monoisotopic (exact) mass is 262 g/mol. The Morgan fingerprint density at radius 1 is 1.47 bits per heavy atom. The van der Waals surface area contributed by atoms with E-state index in [9.17, 15) is 5.11 Å². The number of pyridine rings is 1. The van der Waals surface area contributed by atoms with E-state index in [1.807, 2.05) is 20.0 Å². The highest BCUT2D eigenvalue weighted by Crippen LogP contribution is 2.25. The van der Waals surface area contributed by atoms with Gasteiger partial charge >= 0.3 is 0 Å². The Morgan fingerprint density at radius 3 is 2.84 bits per heavy atom. The molecule has 2 heterocycles. The zero-order valence-corrected chi connectivity index (χ0v) is 11.6. The standard InChI is InChI=1S/C15H22N2O2/c1-10-7-13(11(2)14(19)9-18)8-17-15(10)12-3-5-16-6-4-12/h3,7-8,11,14,16,18-19H,4-6,9H2,1-2H3/t11-,14-/m0/s1. The van der Waals surface area contributed by atoms with Crippen LogP contribution in [0.4, 0.5) is 0 Å². The number of aromatic nitrogens is 1. The van der Waals surface area contributed by atoms with Crippen molar-refractivity contribution in [2.45, 2.75) is 32.3 Å². The number of hydrogen-bond acceptors (Lipinski definition) is 4. The lowest BCUT2D eigenvalue weighted by Crippen LogP contribution is -2.21. The third-order valence-corrected chi connectivity index (χ3v) is 3.76. The van der Waals surface area contributed by atoms with Crippen molar-refractivity contribution >= 4 is 5.57 Å². The number of aryl methyl sites for hydroxylation is 1. The van der Waals surface area contributed by atoms with Crippen molar-refractivity contribution in [1.82, 2.24) is 10.3 Å². The molecule has 0 radical (unpaired) electrons. The minimum Gasteiger partial charge on any atom is -0.394 e. The van der Waals surface area contributed by atoms with Gasteiger partial charge in [0, 0.05) is 18.7 Å². The van der Waals surface area contributed by atoms with Crippen LogP contribution in [0, 0.1) is 6.92 Å². The second-order valence-electron chi connectivity index (χ2n) is 5.16. The Balaban J connectivity index is 2.24. The first-order valence-corrected chi connectivity index (χ1v) is 6.79. The van der Waals surface area contributed by atoms with Crippen molar-refractivity contribution in [2.24, 2.45) is 0 Å². The van der Waals surface area contributed by atoms with Crippen LogP contribution in [0.5, 0.6) is 0 Å². The van der Waals surface area contributed by atoms with Crippen LogP contribution in [-0.4, -0.2) is 41.0 Å². The van der Waals surface area contributed by atoms with Crippen LogP contribution in [0.25, 0.3) is 5.57 Å². The summed E-state index contributed by atoms with van der Waals surface area (Å²) in [7, 11) is 0. The molecule has 0 bridgehead atoms. The average molecular weight is 262 g/mol. The molecule has 2 atom stereocenters. The maximum absolute atomic E-state index is 9.69. The average Bonchev–Trinajstić information content (AvgIpc) is 2.46. The Hall–Kier alpha value is -1.23. The zero-order chi connectivity index (χ0) is 13.8. The quantitative estimate of drug-likeness (QED) is 0.763. The molecular weight excluding hydrogens is 240 g/mol. The molecule has 0 fully saturated rings. The van der Waals surface area contributed by atoms with Gasteiger partial charge in [-0.25, -0.2) is 0 Å². The summed E-state index contributed by atoms with van der Waals surface area (Å²) < 4.78 is 0. The van der Waals surface area contributed by atoms with E-state index in [1.54, 1.807) is 0 Å². The minimum atomic E-state index is -0.731. The number of nitrogens with one attached hydrogen (secondary N) is 1. The molecule has 4 heteroatoms. The van der Waals surface area contributed by atoms with Gasteiger partial charge in [-0.2, -0.15) is 0 Å². The van der Waals surface area contributed by atoms with Crippen molar-refractivity contribution < 1.29 is 10.2 Å². The summed E-state index contributed by atoms with van der Waals surface area (Å²) in [4.78, 5) is 4.55. The molecule has 0 spiro atoms. The lowest BCUT2D eigenvalue weighted by Gasteiger charge is -2.19. The summed E-state index contributed by atoms with van der Waals surface area (Å²) in [5.41, 5.74) is 4.44. The number of aliphatic hydroxyl groups is 2. The Bertz CT molecular complexity index is 471. The molecule has 1 aromatic heterocycles. The summed E-state index contributed by atoms with van der Waals surface area (Å²) in [5.74, 6) is -0.104. The van der Waals surface area contributed by atoms with Gasteiger partial charge < -0.3 is 15.5 Å². The molecule has 104 valence electrons. The highest BCUT2D eigenvalue weighted by molar-refractivity contribution is 5.66. The minimum absolute atomic E-state index is 0.104. The topological polar surface area (TPSA) is 65.4 Å². The van der Waals surface area contributed by atoms with Gasteiger partial charge in [0.1, 0.15) is 0 Å². The van der Waals surface area contributed by atoms with Crippen LogP contribution in [-0.2, 0) is 0 Å². The van der Waals surface area contributed by atoms with E-state index in [0.717, 1.165) is 36.3 Å². The summed E-state index contributed by atoms with van der Waals surface area (Å²) >= 11 is 0. The molecule has 1 aliphatic rings. The molecule has 0 aromatic carbocycles. The fourth-order valence-electron chi connectivity index (χ4n) is 2.40. The highest BCUT2D eigenvalue weighted by Gasteiger charge is 2.17. The van der Waals surface area contributed by atoms with E-state index in [2.05, 4.69) is 22.4 Å². The van der Waals surface area contributed by atoms with Crippen molar-refractivity contribution in [3.8, 4) is 0 Å². The number of hydrogen-bond donors (Lipinski definition) is 3. The summed E-state index contributed by atoms with van der Waals surface area (Å²) in [5, 5.41) is 22.0. The molecular formula is C15H22N2O2. The second-order valence-corrected chi connectivity index (χ2v) is 5.16. The maximum Gasteiger partial charge on any atom is 0.0837 e. The molecule has 0 unspecified atom stereocenters. The molecule has 4 nitrogen and oxygen atoms in total. The fourth-order valence-corrected chi connectivity index (χ4v) is 2.40. The molecule has 0 amide bonds. The predicted octanol–water partition coefficient (Wildman–Crippen LogP) is 1.22. The third-order valence-electron chi connectivity index (χ3n) is 3.76. The normalized spacial score (nSPS) is 18.8. The fraction of sp³-hybridized carbons (Fsp3) is 0.533. The van der Waals surface area contributed by atoms with E-state index in [1.165, 1.54) is 5.57 Å². The first-order valence-electron chi connectivity index (χ1n) is 6.79. The van der Waals surface area contributed by atoms with Gasteiger partial charge in [-0.3, -0.25) is 4.98 Å². The Morgan fingerprint density at radius 2 is 2.26 bits per heavy atom. The Kier molecular flexibility index (Phi) is 4.69. The molecule has 0 saturated carbocycles. The summed E-state index contributed by atoms with van der Waals surface area (Å²) in [6.07, 6.45) is 4.27.